The molecule has 0 atom stereocenters. The van der Waals surface area contributed by atoms with E-state index in [2.05, 4.69) is 4.98 Å². The van der Waals surface area contributed by atoms with Gasteiger partial charge < -0.3 is 19.2 Å². The number of hydrogen-bond donors (Lipinski definition) is 1. The molecule has 1 aromatic carbocycles. The Hall–Kier alpha value is -1.23. The molecule has 5 heteroatoms. The highest BCUT2D eigenvalue weighted by atomic mass is 35.5. The molecule has 19 heavy (non-hydrogen) atoms. The molecule has 0 aliphatic rings. The van der Waals surface area contributed by atoms with Crippen molar-refractivity contribution in [3.8, 4) is 5.75 Å². The summed E-state index contributed by atoms with van der Waals surface area (Å²) in [6.07, 6.45) is 1.90. The third-order valence-corrected chi connectivity index (χ3v) is 2.78. The van der Waals surface area contributed by atoms with Crippen molar-refractivity contribution in [1.82, 2.24) is 4.98 Å². The van der Waals surface area contributed by atoms with Gasteiger partial charge in [0.05, 0.1) is 31.9 Å². The fourth-order valence-electron chi connectivity index (χ4n) is 1.76. The van der Waals surface area contributed by atoms with Gasteiger partial charge in [-0.3, -0.25) is 0 Å². The number of alkyl halides is 1. The Balaban J connectivity index is 1.64. The third kappa shape index (κ3) is 4.42. The van der Waals surface area contributed by atoms with Crippen LogP contribution in [0.5, 0.6) is 5.75 Å². The molecular formula is C14H18ClNO3. The molecule has 0 saturated carbocycles. The molecule has 0 aliphatic heterocycles. The van der Waals surface area contributed by atoms with Gasteiger partial charge in [0.2, 0.25) is 0 Å². The lowest BCUT2D eigenvalue weighted by Crippen LogP contribution is -2.11. The predicted molar refractivity (Wildman–Crippen MR) is 76.2 cm³/mol. The van der Waals surface area contributed by atoms with Crippen LogP contribution in [0.1, 0.15) is 0 Å². The van der Waals surface area contributed by atoms with Crippen molar-refractivity contribution in [3.05, 3.63) is 30.5 Å². The minimum Gasteiger partial charge on any atom is -0.489 e. The molecule has 2 rings (SSSR count). The van der Waals surface area contributed by atoms with Crippen LogP contribution >= 0.6 is 11.6 Å². The maximum Gasteiger partial charge on any atom is 0.143 e. The molecule has 0 fully saturated rings. The van der Waals surface area contributed by atoms with Gasteiger partial charge in [0.15, 0.2) is 0 Å². The zero-order valence-electron chi connectivity index (χ0n) is 10.7. The summed E-state index contributed by atoms with van der Waals surface area (Å²) in [6.45, 7) is 2.76. The van der Waals surface area contributed by atoms with Crippen molar-refractivity contribution in [2.45, 2.75) is 0 Å². The van der Waals surface area contributed by atoms with E-state index in [-0.39, 0.29) is 0 Å². The van der Waals surface area contributed by atoms with Gasteiger partial charge in [0.1, 0.15) is 12.4 Å². The van der Waals surface area contributed by atoms with Gasteiger partial charge in [-0.1, -0.05) is 12.1 Å². The quantitative estimate of drug-likeness (QED) is 0.568. The molecule has 0 amide bonds. The van der Waals surface area contributed by atoms with Gasteiger partial charge in [-0.05, 0) is 12.1 Å². The highest BCUT2D eigenvalue weighted by molar-refractivity contribution is 6.17. The van der Waals surface area contributed by atoms with Crippen LogP contribution in [0.4, 0.5) is 0 Å². The van der Waals surface area contributed by atoms with Crippen LogP contribution in [-0.2, 0) is 9.47 Å². The highest BCUT2D eigenvalue weighted by Gasteiger charge is 2.02. The molecule has 0 radical (unpaired) electrons. The number of H-pyrrole nitrogens is 1. The van der Waals surface area contributed by atoms with E-state index in [9.17, 15) is 0 Å². The van der Waals surface area contributed by atoms with E-state index in [0.717, 1.165) is 16.7 Å². The SMILES string of the molecule is ClCCOCCOCCOc1cccc2cc[nH]c12. The normalized spacial score (nSPS) is 11.0. The van der Waals surface area contributed by atoms with Gasteiger partial charge in [0.25, 0.3) is 0 Å². The zero-order valence-corrected chi connectivity index (χ0v) is 11.5. The summed E-state index contributed by atoms with van der Waals surface area (Å²) in [5.41, 5.74) is 1.02. The standard InChI is InChI=1S/C14H18ClNO3/c15-5-7-17-8-9-18-10-11-19-13-3-1-2-12-4-6-16-14(12)13/h1-4,6,16H,5,7-11H2. The molecule has 104 valence electrons. The average molecular weight is 284 g/mol. The number of hydrogen-bond acceptors (Lipinski definition) is 3. The van der Waals surface area contributed by atoms with E-state index in [1.165, 1.54) is 0 Å². The number of ether oxygens (including phenoxy) is 3. The van der Waals surface area contributed by atoms with Crippen LogP contribution < -0.4 is 4.74 Å². The lowest BCUT2D eigenvalue weighted by Gasteiger charge is -2.08. The van der Waals surface area contributed by atoms with E-state index in [1.54, 1.807) is 0 Å². The summed E-state index contributed by atoms with van der Waals surface area (Å²) in [5, 5.41) is 1.15. The van der Waals surface area contributed by atoms with Crippen molar-refractivity contribution in [2.75, 3.05) is 38.9 Å². The Morgan fingerprint density at radius 2 is 1.74 bits per heavy atom. The number of nitrogens with one attached hydrogen (secondary N) is 1. The Morgan fingerprint density at radius 3 is 2.58 bits per heavy atom. The van der Waals surface area contributed by atoms with Gasteiger partial charge in [0, 0.05) is 17.5 Å². The number of para-hydroxylation sites is 1. The number of rotatable bonds is 9. The molecule has 1 heterocycles. The van der Waals surface area contributed by atoms with E-state index in [0.29, 0.717) is 38.9 Å². The number of aromatic amines is 1. The van der Waals surface area contributed by atoms with Gasteiger partial charge >= 0.3 is 0 Å². The van der Waals surface area contributed by atoms with Crippen molar-refractivity contribution < 1.29 is 14.2 Å². The average Bonchev–Trinajstić information content (AvgIpc) is 2.91. The number of halogens is 1. The van der Waals surface area contributed by atoms with Gasteiger partial charge in [-0.15, -0.1) is 11.6 Å². The van der Waals surface area contributed by atoms with Crippen LogP contribution in [0.25, 0.3) is 10.9 Å². The molecule has 4 nitrogen and oxygen atoms in total. The van der Waals surface area contributed by atoms with Crippen LogP contribution in [0.3, 0.4) is 0 Å². The van der Waals surface area contributed by atoms with Crippen molar-refractivity contribution >= 4 is 22.5 Å². The van der Waals surface area contributed by atoms with E-state index < -0.39 is 0 Å². The largest absolute Gasteiger partial charge is 0.489 e. The van der Waals surface area contributed by atoms with E-state index in [1.807, 2.05) is 30.5 Å². The Morgan fingerprint density at radius 1 is 0.947 bits per heavy atom. The van der Waals surface area contributed by atoms with Crippen molar-refractivity contribution in [2.24, 2.45) is 0 Å². The van der Waals surface area contributed by atoms with Crippen molar-refractivity contribution in [1.29, 1.82) is 0 Å². The maximum atomic E-state index is 5.69. The monoisotopic (exact) mass is 283 g/mol. The Labute approximate surface area is 117 Å². The van der Waals surface area contributed by atoms with E-state index >= 15 is 0 Å². The third-order valence-electron chi connectivity index (χ3n) is 2.63. The first-order valence-corrected chi connectivity index (χ1v) is 6.85. The topological polar surface area (TPSA) is 43.5 Å². The van der Waals surface area contributed by atoms with Crippen LogP contribution in [0.15, 0.2) is 30.5 Å². The molecule has 0 aliphatic carbocycles. The van der Waals surface area contributed by atoms with Crippen LogP contribution in [0.2, 0.25) is 0 Å². The Bertz CT molecular complexity index is 486. The number of fused-ring (bicyclic) bond motifs is 1. The number of benzene rings is 1. The second kappa shape index (κ2) is 8.04. The Kier molecular flexibility index (Phi) is 6.01. The summed E-state index contributed by atoms with van der Waals surface area (Å²) in [4.78, 5) is 3.17. The number of aromatic nitrogens is 1. The molecule has 1 aromatic heterocycles. The summed E-state index contributed by atoms with van der Waals surface area (Å²) >= 11 is 5.48. The minimum atomic E-state index is 0.517. The predicted octanol–water partition coefficient (Wildman–Crippen LogP) is 2.82. The summed E-state index contributed by atoms with van der Waals surface area (Å²) in [5.74, 6) is 1.37. The van der Waals surface area contributed by atoms with Crippen molar-refractivity contribution in [3.63, 3.8) is 0 Å². The zero-order chi connectivity index (χ0) is 13.3. The minimum absolute atomic E-state index is 0.517. The summed E-state index contributed by atoms with van der Waals surface area (Å²) in [7, 11) is 0. The summed E-state index contributed by atoms with van der Waals surface area (Å²) in [6, 6.07) is 7.99. The first kappa shape index (κ1) is 14.2. The molecule has 0 spiro atoms. The molecule has 2 aromatic rings. The second-order valence-corrected chi connectivity index (χ2v) is 4.34. The molecule has 0 bridgehead atoms. The van der Waals surface area contributed by atoms with Gasteiger partial charge in [-0.25, -0.2) is 0 Å². The lowest BCUT2D eigenvalue weighted by molar-refractivity contribution is 0.0412. The molecule has 0 saturated heterocycles. The fraction of sp³-hybridized carbons (Fsp3) is 0.429. The molecule has 0 unspecified atom stereocenters. The van der Waals surface area contributed by atoms with Gasteiger partial charge in [-0.2, -0.15) is 0 Å². The highest BCUT2D eigenvalue weighted by Crippen LogP contribution is 2.23. The van der Waals surface area contributed by atoms with E-state index in [4.69, 9.17) is 25.8 Å². The second-order valence-electron chi connectivity index (χ2n) is 3.96. The summed E-state index contributed by atoms with van der Waals surface area (Å²) < 4.78 is 16.3. The molecule has 1 N–H and O–H groups in total. The first-order chi connectivity index (χ1) is 9.42. The van der Waals surface area contributed by atoms with Crippen LogP contribution in [0, 0.1) is 0 Å². The van der Waals surface area contributed by atoms with Crippen LogP contribution in [-0.4, -0.2) is 43.9 Å². The fourth-order valence-corrected chi connectivity index (χ4v) is 1.87. The smallest absolute Gasteiger partial charge is 0.143 e. The molecular weight excluding hydrogens is 266 g/mol. The lowest BCUT2D eigenvalue weighted by atomic mass is 10.2. The first-order valence-electron chi connectivity index (χ1n) is 6.32. The maximum absolute atomic E-state index is 5.69.